The van der Waals surface area contributed by atoms with Gasteiger partial charge in [0.25, 0.3) is 0 Å². The van der Waals surface area contributed by atoms with Crippen molar-refractivity contribution in [3.63, 3.8) is 0 Å². The van der Waals surface area contributed by atoms with E-state index in [1.165, 1.54) is 12.8 Å². The SMILES string of the molecule is C[C](C)=[Ti]([C]1=CC=CC1)([C]1=CC=CC1)=[Si](C)C.O=S(=O)(O)C(F)(F)F.O=S(=O)(O)C(F)(F)F. The molecule has 2 aliphatic rings. The van der Waals surface area contributed by atoms with Crippen molar-refractivity contribution in [1.29, 1.82) is 0 Å². The number of rotatable bonds is 2. The Hall–Kier alpha value is -0.839. The Kier molecular flexibility index (Phi) is 11.4. The average molecular weight is 578 g/mol. The molecule has 0 aromatic rings. The molecule has 0 unspecified atom stereocenters. The molecule has 33 heavy (non-hydrogen) atoms. The molecule has 2 N–H and O–H groups in total. The molecule has 6 nitrogen and oxygen atoms in total. The molecule has 0 bridgehead atoms. The van der Waals surface area contributed by atoms with Gasteiger partial charge in [-0.1, -0.05) is 0 Å². The third-order valence-corrected chi connectivity index (χ3v) is 25.5. The number of halogens is 6. The van der Waals surface area contributed by atoms with Crippen LogP contribution >= 0.6 is 0 Å². The van der Waals surface area contributed by atoms with Gasteiger partial charge in [-0.3, -0.25) is 9.11 Å². The fraction of sp³-hybridized carbons (Fsp3) is 0.471. The third kappa shape index (κ3) is 8.71. The Balaban J connectivity index is 0.000000539. The maximum absolute atomic E-state index is 10.7. The summed E-state index contributed by atoms with van der Waals surface area (Å²) in [4.78, 5) is 0. The van der Waals surface area contributed by atoms with E-state index in [1.807, 2.05) is 0 Å². The summed E-state index contributed by atoms with van der Waals surface area (Å²) in [6.07, 6.45) is 16.3. The van der Waals surface area contributed by atoms with Crippen molar-refractivity contribution in [2.45, 2.75) is 50.8 Å². The van der Waals surface area contributed by atoms with Crippen LogP contribution in [0.3, 0.4) is 0 Å². The Morgan fingerprint density at radius 2 is 1.09 bits per heavy atom. The second-order valence-electron chi connectivity index (χ2n) is 7.24. The largest absolute Gasteiger partial charge is 0.522 e. The number of hydrogen-bond donors (Lipinski definition) is 2. The van der Waals surface area contributed by atoms with E-state index in [9.17, 15) is 26.3 Å². The van der Waals surface area contributed by atoms with Crippen molar-refractivity contribution in [3.8, 4) is 0 Å². The molecule has 0 atom stereocenters. The van der Waals surface area contributed by atoms with Crippen molar-refractivity contribution >= 4 is 30.2 Å². The molecule has 2 rings (SSSR count). The van der Waals surface area contributed by atoms with Gasteiger partial charge in [0.15, 0.2) is 0 Å². The molecule has 0 saturated heterocycles. The monoisotopic (exact) mass is 578 g/mol. The minimum Gasteiger partial charge on any atom is -0.279 e. The van der Waals surface area contributed by atoms with Crippen molar-refractivity contribution in [2.24, 2.45) is 0 Å². The van der Waals surface area contributed by atoms with Gasteiger partial charge in [-0.25, -0.2) is 0 Å². The molecule has 0 aromatic carbocycles. The Morgan fingerprint density at radius 3 is 1.21 bits per heavy atom. The Labute approximate surface area is 191 Å². The van der Waals surface area contributed by atoms with Crippen LogP contribution in [0, 0.1) is 0 Å². The normalized spacial score (nSPS) is 15.8. The molecular formula is C17H24F6O6S2SiTi. The van der Waals surface area contributed by atoms with Crippen LogP contribution in [0.4, 0.5) is 26.3 Å². The molecule has 0 fully saturated rings. The summed E-state index contributed by atoms with van der Waals surface area (Å²) in [7, 11) is -11.7. The van der Waals surface area contributed by atoms with Gasteiger partial charge in [-0.15, -0.1) is 0 Å². The topological polar surface area (TPSA) is 109 Å². The van der Waals surface area contributed by atoms with Crippen LogP contribution in [-0.2, 0) is 35.1 Å². The van der Waals surface area contributed by atoms with E-state index in [0.29, 0.717) is 0 Å². The van der Waals surface area contributed by atoms with Crippen LogP contribution in [-0.4, -0.2) is 47.0 Å². The van der Waals surface area contributed by atoms with Crippen molar-refractivity contribution in [2.75, 3.05) is 0 Å². The minimum atomic E-state index is -5.84. The Morgan fingerprint density at radius 1 is 0.818 bits per heavy atom. The first kappa shape index (κ1) is 32.2. The summed E-state index contributed by atoms with van der Waals surface area (Å²) < 4.78 is 120. The zero-order chi connectivity index (χ0) is 26.5. The van der Waals surface area contributed by atoms with E-state index in [0.717, 1.165) is 0 Å². The molecular weight excluding hydrogens is 554 g/mol. The van der Waals surface area contributed by atoms with Gasteiger partial charge in [0.05, 0.1) is 0 Å². The molecule has 0 spiro atoms. The zero-order valence-electron chi connectivity index (χ0n) is 18.0. The van der Waals surface area contributed by atoms with E-state index in [1.54, 1.807) is 11.6 Å². The molecule has 2 aliphatic carbocycles. The first-order valence-electron chi connectivity index (χ1n) is 9.01. The van der Waals surface area contributed by atoms with Crippen LogP contribution in [0.5, 0.6) is 0 Å². The van der Waals surface area contributed by atoms with Gasteiger partial charge in [-0.05, 0) is 0 Å². The summed E-state index contributed by atoms with van der Waals surface area (Å²) in [5.41, 5.74) is -11.1. The third-order valence-electron chi connectivity index (χ3n) is 4.59. The molecule has 0 aliphatic heterocycles. The maximum Gasteiger partial charge on any atom is 0.522 e. The van der Waals surface area contributed by atoms with Crippen LogP contribution in [0.15, 0.2) is 44.2 Å². The smallest absolute Gasteiger partial charge is 0.279 e. The van der Waals surface area contributed by atoms with E-state index in [-0.39, 0.29) is 6.19 Å². The zero-order valence-corrected chi connectivity index (χ0v) is 22.2. The van der Waals surface area contributed by atoms with Crippen molar-refractivity contribution in [3.05, 3.63) is 44.2 Å². The number of alkyl halides is 6. The summed E-state index contributed by atoms with van der Waals surface area (Å²) in [5.74, 6) is 0. The molecule has 16 heteroatoms. The van der Waals surface area contributed by atoms with Crippen LogP contribution in [0.2, 0.25) is 13.1 Å². The second kappa shape index (κ2) is 11.7. The summed E-state index contributed by atoms with van der Waals surface area (Å²) in [6.45, 7) is 9.87. The molecule has 0 aromatic heterocycles. The van der Waals surface area contributed by atoms with Crippen molar-refractivity contribution < 1.29 is 67.1 Å². The van der Waals surface area contributed by atoms with Crippen molar-refractivity contribution in [1.82, 2.24) is 0 Å². The van der Waals surface area contributed by atoms with E-state index in [2.05, 4.69) is 63.4 Å². The van der Waals surface area contributed by atoms with Crippen LogP contribution < -0.4 is 0 Å². The van der Waals surface area contributed by atoms with E-state index < -0.39 is 46.1 Å². The first-order chi connectivity index (χ1) is 14.6. The molecule has 0 heterocycles. The van der Waals surface area contributed by atoms with Gasteiger partial charge in [-0.2, -0.15) is 43.2 Å². The van der Waals surface area contributed by atoms with E-state index >= 15 is 0 Å². The molecule has 190 valence electrons. The minimum absolute atomic E-state index is 0.264. The summed E-state index contributed by atoms with van der Waals surface area (Å²) >= 11 is -2.08. The van der Waals surface area contributed by atoms with Gasteiger partial charge in [0, 0.05) is 0 Å². The van der Waals surface area contributed by atoms with Crippen LogP contribution in [0.1, 0.15) is 26.7 Å². The maximum atomic E-state index is 10.7. The standard InChI is InChI=1S/2C5H5.C3H6.C2H6Si.2CHF3O3S.Ti/c2*1-2-4-5-3-1;2*1-3-2;2*2-1(3,4)8(5,6)7;/h2*1-3H,4H2;2*1-2H3;2*(H,5,6,7);. The fourth-order valence-electron chi connectivity index (χ4n) is 3.44. The quantitative estimate of drug-likeness (QED) is 0.205. The second-order valence-corrected chi connectivity index (χ2v) is 25.8. The summed E-state index contributed by atoms with van der Waals surface area (Å²) in [5, 5.41) is 0. The molecule has 0 saturated carbocycles. The summed E-state index contributed by atoms with van der Waals surface area (Å²) in [6, 6.07) is 0. The predicted molar refractivity (Wildman–Crippen MR) is 113 cm³/mol. The molecule has 0 amide bonds. The fourth-order valence-corrected chi connectivity index (χ4v) is 23.0. The number of hydrogen-bond acceptors (Lipinski definition) is 4. The Bertz CT molecular complexity index is 1090. The van der Waals surface area contributed by atoms with Gasteiger partial charge >= 0.3 is 140 Å². The van der Waals surface area contributed by atoms with Gasteiger partial charge in [0.2, 0.25) is 0 Å². The average Bonchev–Trinajstić information content (AvgIpc) is 3.26. The van der Waals surface area contributed by atoms with Gasteiger partial charge in [0.1, 0.15) is 0 Å². The van der Waals surface area contributed by atoms with E-state index in [4.69, 9.17) is 25.9 Å². The number of allylic oxidation sites excluding steroid dienone is 8. The van der Waals surface area contributed by atoms with Crippen LogP contribution in [0.25, 0.3) is 0 Å². The first-order valence-corrected chi connectivity index (χ1v) is 19.1. The van der Waals surface area contributed by atoms with Gasteiger partial charge < -0.3 is 0 Å². The predicted octanol–water partition coefficient (Wildman–Crippen LogP) is 5.08. The molecule has 0 radical (unpaired) electrons.